The topological polar surface area (TPSA) is 64.7 Å². The van der Waals surface area contributed by atoms with Gasteiger partial charge in [-0.15, -0.1) is 0 Å². The number of carbonyl (C=O) groups is 2. The van der Waals surface area contributed by atoms with Gasteiger partial charge in [0.25, 0.3) is 0 Å². The lowest BCUT2D eigenvalue weighted by Crippen LogP contribution is -2.53. The van der Waals surface area contributed by atoms with Crippen LogP contribution in [0.3, 0.4) is 0 Å². The molecule has 0 saturated carbocycles. The van der Waals surface area contributed by atoms with Crippen molar-refractivity contribution in [3.8, 4) is 0 Å². The van der Waals surface area contributed by atoms with Crippen molar-refractivity contribution in [3.63, 3.8) is 0 Å². The molecule has 22 heavy (non-hydrogen) atoms. The fourth-order valence-electron chi connectivity index (χ4n) is 2.15. The number of hydrogen-bond donors (Lipinski definition) is 2. The first-order chi connectivity index (χ1) is 10.5. The molecule has 0 spiro atoms. The smallest absolute Gasteiger partial charge is 0.321 e. The number of nitrogens with zero attached hydrogens (tertiary/aromatic N) is 2. The Bertz CT molecular complexity index is 560. The van der Waals surface area contributed by atoms with Gasteiger partial charge in [0.2, 0.25) is 0 Å². The number of anilines is 1. The van der Waals surface area contributed by atoms with Crippen molar-refractivity contribution in [3.05, 3.63) is 28.2 Å². The molecule has 0 radical (unpaired) electrons. The Morgan fingerprint density at radius 3 is 2.18 bits per heavy atom. The van der Waals surface area contributed by atoms with Crippen molar-refractivity contribution in [2.24, 2.45) is 0 Å². The molecule has 0 aromatic heterocycles. The van der Waals surface area contributed by atoms with E-state index in [2.05, 4.69) is 10.6 Å². The molecule has 8 heteroatoms. The first-order valence-corrected chi connectivity index (χ1v) is 7.80. The third-order valence-electron chi connectivity index (χ3n) is 3.35. The highest BCUT2D eigenvalue weighted by Gasteiger charge is 2.23. The average molecular weight is 345 g/mol. The highest BCUT2D eigenvalue weighted by atomic mass is 35.5. The third kappa shape index (κ3) is 4.18. The van der Waals surface area contributed by atoms with Crippen LogP contribution in [0.15, 0.2) is 18.2 Å². The van der Waals surface area contributed by atoms with Gasteiger partial charge in [-0.3, -0.25) is 0 Å². The number of hydrogen-bond acceptors (Lipinski definition) is 2. The molecule has 2 rings (SSSR count). The number of urea groups is 2. The quantitative estimate of drug-likeness (QED) is 0.866. The summed E-state index contributed by atoms with van der Waals surface area (Å²) in [6.45, 7) is 4.48. The summed E-state index contributed by atoms with van der Waals surface area (Å²) < 4.78 is 0. The van der Waals surface area contributed by atoms with Crippen molar-refractivity contribution < 1.29 is 9.59 Å². The van der Waals surface area contributed by atoms with Crippen LogP contribution in [0.25, 0.3) is 0 Å². The number of nitrogens with one attached hydrogen (secondary N) is 2. The molecule has 1 heterocycles. The van der Waals surface area contributed by atoms with Crippen molar-refractivity contribution in [1.82, 2.24) is 15.1 Å². The molecular formula is C14H18Cl2N4O2. The van der Waals surface area contributed by atoms with Crippen LogP contribution in [0, 0.1) is 0 Å². The summed E-state index contributed by atoms with van der Waals surface area (Å²) in [5.74, 6) is 0. The highest BCUT2D eigenvalue weighted by molar-refractivity contribution is 6.42. The molecule has 0 unspecified atom stereocenters. The third-order valence-corrected chi connectivity index (χ3v) is 4.09. The predicted molar refractivity (Wildman–Crippen MR) is 87.7 cm³/mol. The van der Waals surface area contributed by atoms with E-state index in [0.717, 1.165) is 0 Å². The molecule has 120 valence electrons. The Labute approximate surface area is 139 Å². The van der Waals surface area contributed by atoms with E-state index in [1.54, 1.807) is 28.0 Å². The fourth-order valence-corrected chi connectivity index (χ4v) is 2.45. The van der Waals surface area contributed by atoms with E-state index < -0.39 is 0 Å². The molecule has 0 aliphatic carbocycles. The Morgan fingerprint density at radius 1 is 1.05 bits per heavy atom. The number of halogens is 2. The number of benzene rings is 1. The van der Waals surface area contributed by atoms with Gasteiger partial charge in [-0.25, -0.2) is 9.59 Å². The van der Waals surface area contributed by atoms with Gasteiger partial charge in [0.05, 0.1) is 10.0 Å². The number of amides is 4. The first-order valence-electron chi connectivity index (χ1n) is 7.05. The molecule has 1 aliphatic rings. The fraction of sp³-hybridized carbons (Fsp3) is 0.429. The monoisotopic (exact) mass is 344 g/mol. The lowest BCUT2D eigenvalue weighted by atomic mass is 10.3. The minimum Gasteiger partial charge on any atom is -0.338 e. The summed E-state index contributed by atoms with van der Waals surface area (Å²) in [6, 6.07) is 4.62. The highest BCUT2D eigenvalue weighted by Crippen LogP contribution is 2.25. The zero-order chi connectivity index (χ0) is 16.1. The maximum atomic E-state index is 12.2. The molecule has 1 aromatic rings. The van der Waals surface area contributed by atoms with Crippen molar-refractivity contribution in [1.29, 1.82) is 0 Å². The second-order valence-corrected chi connectivity index (χ2v) is 5.68. The maximum absolute atomic E-state index is 12.2. The molecular weight excluding hydrogens is 327 g/mol. The predicted octanol–water partition coefficient (Wildman–Crippen LogP) is 2.87. The number of piperazine rings is 1. The zero-order valence-corrected chi connectivity index (χ0v) is 13.7. The van der Waals surface area contributed by atoms with Crippen LogP contribution in [0.4, 0.5) is 15.3 Å². The molecule has 1 aliphatic heterocycles. The second-order valence-electron chi connectivity index (χ2n) is 4.87. The summed E-state index contributed by atoms with van der Waals surface area (Å²) in [6.07, 6.45) is 0. The van der Waals surface area contributed by atoms with E-state index in [9.17, 15) is 9.59 Å². The number of rotatable bonds is 2. The van der Waals surface area contributed by atoms with Crippen LogP contribution in [-0.2, 0) is 0 Å². The van der Waals surface area contributed by atoms with Gasteiger partial charge in [0.15, 0.2) is 0 Å². The molecule has 2 N–H and O–H groups in total. The molecule has 0 atom stereocenters. The van der Waals surface area contributed by atoms with Crippen molar-refractivity contribution >= 4 is 41.0 Å². The van der Waals surface area contributed by atoms with Crippen LogP contribution in [-0.4, -0.2) is 54.6 Å². The molecule has 6 nitrogen and oxygen atoms in total. The SMILES string of the molecule is CCNC(=O)N1CCN(C(=O)Nc2ccc(Cl)c(Cl)c2)CC1. The van der Waals surface area contributed by atoms with E-state index >= 15 is 0 Å². The van der Waals surface area contributed by atoms with E-state index in [0.29, 0.717) is 48.5 Å². The lowest BCUT2D eigenvalue weighted by molar-refractivity contribution is 0.149. The van der Waals surface area contributed by atoms with Gasteiger partial charge in [-0.05, 0) is 25.1 Å². The summed E-state index contributed by atoms with van der Waals surface area (Å²) >= 11 is 11.8. The van der Waals surface area contributed by atoms with Crippen LogP contribution in [0.1, 0.15) is 6.92 Å². The minimum atomic E-state index is -0.214. The largest absolute Gasteiger partial charge is 0.338 e. The Kier molecular flexibility index (Phi) is 5.74. The average Bonchev–Trinajstić information content (AvgIpc) is 2.51. The van der Waals surface area contributed by atoms with Crippen LogP contribution in [0.2, 0.25) is 10.0 Å². The van der Waals surface area contributed by atoms with E-state index in [4.69, 9.17) is 23.2 Å². The summed E-state index contributed by atoms with van der Waals surface area (Å²) in [5, 5.41) is 6.35. The molecule has 1 fully saturated rings. The van der Waals surface area contributed by atoms with E-state index in [-0.39, 0.29) is 12.1 Å². The summed E-state index contributed by atoms with van der Waals surface area (Å²) in [7, 11) is 0. The normalized spacial score (nSPS) is 14.7. The Balaban J connectivity index is 1.87. The van der Waals surface area contributed by atoms with Crippen molar-refractivity contribution in [2.45, 2.75) is 6.92 Å². The van der Waals surface area contributed by atoms with Crippen LogP contribution >= 0.6 is 23.2 Å². The molecule has 4 amide bonds. The lowest BCUT2D eigenvalue weighted by Gasteiger charge is -2.34. The van der Waals surface area contributed by atoms with Gasteiger partial charge in [0, 0.05) is 38.4 Å². The van der Waals surface area contributed by atoms with Crippen molar-refractivity contribution in [2.75, 3.05) is 38.0 Å². The Morgan fingerprint density at radius 2 is 1.64 bits per heavy atom. The van der Waals surface area contributed by atoms with Gasteiger partial charge in [-0.2, -0.15) is 0 Å². The van der Waals surface area contributed by atoms with E-state index in [1.165, 1.54) is 0 Å². The van der Waals surface area contributed by atoms with Gasteiger partial charge in [-0.1, -0.05) is 23.2 Å². The first kappa shape index (κ1) is 16.7. The Hall–Kier alpha value is -1.66. The van der Waals surface area contributed by atoms with Gasteiger partial charge < -0.3 is 20.4 Å². The van der Waals surface area contributed by atoms with Crippen LogP contribution < -0.4 is 10.6 Å². The molecule has 1 saturated heterocycles. The second kappa shape index (κ2) is 7.56. The van der Waals surface area contributed by atoms with E-state index in [1.807, 2.05) is 6.92 Å². The maximum Gasteiger partial charge on any atom is 0.321 e. The standard InChI is InChI=1S/C14H18Cl2N4O2/c1-2-17-13(21)19-5-7-20(8-6-19)14(22)18-10-3-4-11(15)12(16)9-10/h3-4,9H,2,5-8H2,1H3,(H,17,21)(H,18,22). The van der Waals surface area contributed by atoms with Gasteiger partial charge >= 0.3 is 12.1 Å². The zero-order valence-electron chi connectivity index (χ0n) is 12.2. The summed E-state index contributed by atoms with van der Waals surface area (Å²) in [4.78, 5) is 27.3. The number of carbonyl (C=O) groups excluding carboxylic acids is 2. The minimum absolute atomic E-state index is 0.0907. The summed E-state index contributed by atoms with van der Waals surface area (Å²) in [5.41, 5.74) is 0.588. The van der Waals surface area contributed by atoms with Crippen LogP contribution in [0.5, 0.6) is 0 Å². The molecule has 0 bridgehead atoms. The van der Waals surface area contributed by atoms with Gasteiger partial charge in [0.1, 0.15) is 0 Å². The molecule has 1 aromatic carbocycles.